The molecule has 0 saturated carbocycles. The van der Waals surface area contributed by atoms with Crippen molar-refractivity contribution >= 4 is 5.91 Å². The molecule has 0 aromatic carbocycles. The second-order valence-electron chi connectivity index (χ2n) is 5.82. The lowest BCUT2D eigenvalue weighted by Gasteiger charge is -2.30. The fraction of sp³-hybridized carbons (Fsp3) is 0.933. The van der Waals surface area contributed by atoms with Gasteiger partial charge >= 0.3 is 0 Å². The standard InChI is InChI=1S/C15H30N2O/c1-5-13(4)14(16-6-2)11-17-10-9-12(3)7-8-15(17)18/h12-14,16H,5-11H2,1-4H3. The molecule has 1 rings (SSSR count). The Morgan fingerprint density at radius 3 is 2.72 bits per heavy atom. The van der Waals surface area contributed by atoms with Gasteiger partial charge in [0, 0.05) is 25.6 Å². The van der Waals surface area contributed by atoms with Gasteiger partial charge in [-0.15, -0.1) is 0 Å². The van der Waals surface area contributed by atoms with Gasteiger partial charge in [0.25, 0.3) is 0 Å². The predicted molar refractivity (Wildman–Crippen MR) is 76.5 cm³/mol. The zero-order valence-electron chi connectivity index (χ0n) is 12.5. The lowest BCUT2D eigenvalue weighted by atomic mass is 9.98. The predicted octanol–water partition coefficient (Wildman–Crippen LogP) is 2.66. The lowest BCUT2D eigenvalue weighted by molar-refractivity contribution is -0.131. The van der Waals surface area contributed by atoms with E-state index in [2.05, 4.69) is 37.9 Å². The van der Waals surface area contributed by atoms with Crippen LogP contribution in [0.25, 0.3) is 0 Å². The molecule has 106 valence electrons. The van der Waals surface area contributed by atoms with Gasteiger partial charge in [0.2, 0.25) is 5.91 Å². The van der Waals surface area contributed by atoms with Crippen molar-refractivity contribution < 1.29 is 4.79 Å². The number of carbonyl (C=O) groups is 1. The molecule has 1 fully saturated rings. The Bertz CT molecular complexity index is 255. The van der Waals surface area contributed by atoms with Crippen molar-refractivity contribution in [3.63, 3.8) is 0 Å². The van der Waals surface area contributed by atoms with Crippen LogP contribution in [0.4, 0.5) is 0 Å². The van der Waals surface area contributed by atoms with Crippen LogP contribution in [-0.2, 0) is 4.79 Å². The van der Waals surface area contributed by atoms with E-state index in [9.17, 15) is 4.79 Å². The van der Waals surface area contributed by atoms with Crippen LogP contribution in [0.1, 0.15) is 53.4 Å². The van der Waals surface area contributed by atoms with Crippen molar-refractivity contribution in [2.24, 2.45) is 11.8 Å². The van der Waals surface area contributed by atoms with Gasteiger partial charge in [-0.25, -0.2) is 0 Å². The Kier molecular flexibility index (Phi) is 6.69. The van der Waals surface area contributed by atoms with E-state index in [1.807, 2.05) is 0 Å². The third-order valence-corrected chi connectivity index (χ3v) is 4.31. The number of rotatable bonds is 6. The number of amides is 1. The highest BCUT2D eigenvalue weighted by molar-refractivity contribution is 5.76. The SMILES string of the molecule is CCNC(CN1CCC(C)CCC1=O)C(C)CC. The second-order valence-corrected chi connectivity index (χ2v) is 5.82. The maximum atomic E-state index is 12.1. The quantitative estimate of drug-likeness (QED) is 0.790. The van der Waals surface area contributed by atoms with Gasteiger partial charge in [-0.1, -0.05) is 34.1 Å². The van der Waals surface area contributed by atoms with Crippen LogP contribution >= 0.6 is 0 Å². The van der Waals surface area contributed by atoms with E-state index >= 15 is 0 Å². The molecule has 3 unspecified atom stereocenters. The normalized spacial score (nSPS) is 24.8. The van der Waals surface area contributed by atoms with Crippen LogP contribution in [0.2, 0.25) is 0 Å². The Morgan fingerprint density at radius 2 is 2.11 bits per heavy atom. The molecule has 1 aliphatic heterocycles. The van der Waals surface area contributed by atoms with E-state index in [-0.39, 0.29) is 0 Å². The molecule has 0 aromatic heterocycles. The minimum absolute atomic E-state index is 0.352. The minimum Gasteiger partial charge on any atom is -0.341 e. The van der Waals surface area contributed by atoms with E-state index in [0.29, 0.717) is 23.8 Å². The maximum absolute atomic E-state index is 12.1. The van der Waals surface area contributed by atoms with Crippen LogP contribution in [0, 0.1) is 11.8 Å². The van der Waals surface area contributed by atoms with E-state index < -0.39 is 0 Å². The van der Waals surface area contributed by atoms with Crippen molar-refractivity contribution in [3.05, 3.63) is 0 Å². The van der Waals surface area contributed by atoms with E-state index in [0.717, 1.165) is 45.3 Å². The third kappa shape index (κ3) is 4.60. The van der Waals surface area contributed by atoms with E-state index in [1.165, 1.54) is 0 Å². The number of nitrogens with zero attached hydrogens (tertiary/aromatic N) is 1. The molecule has 18 heavy (non-hydrogen) atoms. The molecule has 1 amide bonds. The van der Waals surface area contributed by atoms with Crippen LogP contribution < -0.4 is 5.32 Å². The highest BCUT2D eigenvalue weighted by atomic mass is 16.2. The zero-order valence-corrected chi connectivity index (χ0v) is 12.5. The van der Waals surface area contributed by atoms with Crippen molar-refractivity contribution in [2.45, 2.75) is 59.4 Å². The van der Waals surface area contributed by atoms with Gasteiger partial charge in [-0.2, -0.15) is 0 Å². The molecule has 0 radical (unpaired) electrons. The first-order valence-corrected chi connectivity index (χ1v) is 7.59. The number of likely N-dealkylation sites (N-methyl/N-ethyl adjacent to an activating group) is 1. The molecule has 3 atom stereocenters. The fourth-order valence-electron chi connectivity index (χ4n) is 2.60. The number of carbonyl (C=O) groups excluding carboxylic acids is 1. The van der Waals surface area contributed by atoms with Crippen LogP contribution in [0.5, 0.6) is 0 Å². The number of nitrogens with one attached hydrogen (secondary N) is 1. The lowest BCUT2D eigenvalue weighted by Crippen LogP contribution is -2.46. The van der Waals surface area contributed by atoms with Crippen molar-refractivity contribution in [1.29, 1.82) is 0 Å². The van der Waals surface area contributed by atoms with Crippen molar-refractivity contribution in [3.8, 4) is 0 Å². The maximum Gasteiger partial charge on any atom is 0.222 e. The van der Waals surface area contributed by atoms with Gasteiger partial charge in [0.15, 0.2) is 0 Å². The smallest absolute Gasteiger partial charge is 0.222 e. The highest BCUT2D eigenvalue weighted by Crippen LogP contribution is 2.19. The van der Waals surface area contributed by atoms with E-state index in [4.69, 9.17) is 0 Å². The monoisotopic (exact) mass is 254 g/mol. The number of hydrogen-bond acceptors (Lipinski definition) is 2. The summed E-state index contributed by atoms with van der Waals surface area (Å²) in [5, 5.41) is 3.54. The summed E-state index contributed by atoms with van der Waals surface area (Å²) in [6, 6.07) is 0.442. The van der Waals surface area contributed by atoms with Crippen LogP contribution in [-0.4, -0.2) is 36.5 Å². The summed E-state index contributed by atoms with van der Waals surface area (Å²) in [6.45, 7) is 11.7. The number of hydrogen-bond donors (Lipinski definition) is 1. The Balaban J connectivity index is 2.58. The van der Waals surface area contributed by atoms with Crippen molar-refractivity contribution in [2.75, 3.05) is 19.6 Å². The second kappa shape index (κ2) is 7.78. The molecule has 3 nitrogen and oxygen atoms in total. The topological polar surface area (TPSA) is 32.3 Å². The average molecular weight is 254 g/mol. The summed E-state index contributed by atoms with van der Waals surface area (Å²) >= 11 is 0. The van der Waals surface area contributed by atoms with Gasteiger partial charge in [-0.3, -0.25) is 4.79 Å². The molecule has 0 bridgehead atoms. The molecular formula is C15H30N2O. The van der Waals surface area contributed by atoms with Crippen molar-refractivity contribution in [1.82, 2.24) is 10.2 Å². The highest BCUT2D eigenvalue weighted by Gasteiger charge is 2.24. The first-order valence-electron chi connectivity index (χ1n) is 7.59. The Morgan fingerprint density at radius 1 is 1.39 bits per heavy atom. The molecule has 0 aliphatic carbocycles. The van der Waals surface area contributed by atoms with Gasteiger partial charge in [0.05, 0.1) is 0 Å². The molecule has 0 aromatic rings. The summed E-state index contributed by atoms with van der Waals surface area (Å²) in [6.07, 6.45) is 4.12. The van der Waals surface area contributed by atoms with E-state index in [1.54, 1.807) is 0 Å². The molecule has 1 aliphatic rings. The third-order valence-electron chi connectivity index (χ3n) is 4.31. The first kappa shape index (κ1) is 15.5. The summed E-state index contributed by atoms with van der Waals surface area (Å²) in [5.74, 6) is 1.67. The average Bonchev–Trinajstić information content (AvgIpc) is 2.52. The van der Waals surface area contributed by atoms with Gasteiger partial charge < -0.3 is 10.2 Å². The Labute approximate surface area is 112 Å². The summed E-state index contributed by atoms with van der Waals surface area (Å²) in [4.78, 5) is 14.2. The summed E-state index contributed by atoms with van der Waals surface area (Å²) < 4.78 is 0. The molecule has 0 spiro atoms. The van der Waals surface area contributed by atoms with Gasteiger partial charge in [0.1, 0.15) is 0 Å². The Hall–Kier alpha value is -0.570. The van der Waals surface area contributed by atoms with Crippen LogP contribution in [0.15, 0.2) is 0 Å². The fourth-order valence-corrected chi connectivity index (χ4v) is 2.60. The van der Waals surface area contributed by atoms with Gasteiger partial charge in [-0.05, 0) is 31.2 Å². The molecular weight excluding hydrogens is 224 g/mol. The van der Waals surface area contributed by atoms with Crippen LogP contribution in [0.3, 0.4) is 0 Å². The minimum atomic E-state index is 0.352. The number of likely N-dealkylation sites (tertiary alicyclic amines) is 1. The summed E-state index contributed by atoms with van der Waals surface area (Å²) in [5.41, 5.74) is 0. The molecule has 1 N–H and O–H groups in total. The molecule has 1 heterocycles. The molecule has 1 saturated heterocycles. The summed E-state index contributed by atoms with van der Waals surface area (Å²) in [7, 11) is 0. The largest absolute Gasteiger partial charge is 0.341 e. The first-order chi connectivity index (χ1) is 8.58. The molecule has 3 heteroatoms. The zero-order chi connectivity index (χ0) is 13.5.